The Morgan fingerprint density at radius 1 is 1.25 bits per heavy atom. The maximum atomic E-state index is 13.5. The molecule has 2 atom stereocenters. The number of nitrogens with one attached hydrogen (secondary N) is 1. The Bertz CT molecular complexity index is 619. The van der Waals surface area contributed by atoms with E-state index in [1.54, 1.807) is 17.0 Å². The van der Waals surface area contributed by atoms with Crippen LogP contribution in [0, 0.1) is 5.82 Å². The molecule has 2 unspecified atom stereocenters. The molecule has 24 heavy (non-hydrogen) atoms. The van der Waals surface area contributed by atoms with E-state index < -0.39 is 6.04 Å². The maximum Gasteiger partial charge on any atom is 0.243 e. The fourth-order valence-electron chi connectivity index (χ4n) is 3.55. The van der Waals surface area contributed by atoms with Crippen LogP contribution in [0.1, 0.15) is 50.0 Å². The van der Waals surface area contributed by atoms with E-state index in [0.717, 1.165) is 31.2 Å². The van der Waals surface area contributed by atoms with Crippen molar-refractivity contribution in [3.05, 3.63) is 35.6 Å². The molecule has 4 nitrogen and oxygen atoms in total. The highest BCUT2D eigenvalue weighted by Crippen LogP contribution is 2.41. The van der Waals surface area contributed by atoms with Gasteiger partial charge in [0.25, 0.3) is 0 Å². The van der Waals surface area contributed by atoms with Gasteiger partial charge in [-0.3, -0.25) is 9.59 Å². The van der Waals surface area contributed by atoms with Crippen LogP contribution in [0.5, 0.6) is 0 Å². The van der Waals surface area contributed by atoms with Crippen LogP contribution in [-0.4, -0.2) is 34.6 Å². The van der Waals surface area contributed by atoms with Gasteiger partial charge in [0.2, 0.25) is 11.8 Å². The van der Waals surface area contributed by atoms with Crippen LogP contribution in [-0.2, 0) is 9.59 Å². The second-order valence-corrected chi connectivity index (χ2v) is 7.64. The number of nitrogens with zero attached hydrogens (tertiary/aromatic N) is 1. The average molecular weight is 350 g/mol. The molecule has 1 N–H and O–H groups in total. The van der Waals surface area contributed by atoms with Crippen molar-refractivity contribution in [2.24, 2.45) is 0 Å². The lowest BCUT2D eigenvalue weighted by Gasteiger charge is -2.30. The van der Waals surface area contributed by atoms with Gasteiger partial charge in [0.15, 0.2) is 0 Å². The first-order chi connectivity index (χ1) is 11.6. The zero-order valence-electron chi connectivity index (χ0n) is 13.8. The molecule has 0 aromatic heterocycles. The summed E-state index contributed by atoms with van der Waals surface area (Å²) in [5.41, 5.74) is 0.725. The van der Waals surface area contributed by atoms with E-state index in [0.29, 0.717) is 5.75 Å². The van der Waals surface area contributed by atoms with Crippen molar-refractivity contribution in [1.82, 2.24) is 10.2 Å². The fourth-order valence-corrected chi connectivity index (χ4v) is 5.03. The molecule has 1 aliphatic heterocycles. The van der Waals surface area contributed by atoms with Crippen LogP contribution in [0.4, 0.5) is 4.39 Å². The van der Waals surface area contributed by atoms with E-state index in [-0.39, 0.29) is 29.0 Å². The van der Waals surface area contributed by atoms with Gasteiger partial charge >= 0.3 is 0 Å². The minimum Gasteiger partial charge on any atom is -0.352 e. The molecule has 1 heterocycles. The minimum absolute atomic E-state index is 0.0801. The lowest BCUT2D eigenvalue weighted by molar-refractivity contribution is -0.138. The van der Waals surface area contributed by atoms with Crippen LogP contribution < -0.4 is 5.32 Å². The molecule has 0 radical (unpaired) electrons. The fraction of sp³-hybridized carbons (Fsp3) is 0.556. The molecule has 1 aromatic rings. The summed E-state index contributed by atoms with van der Waals surface area (Å²) >= 11 is 1.52. The molecule has 6 heteroatoms. The summed E-state index contributed by atoms with van der Waals surface area (Å²) in [5, 5.41) is 2.80. The first-order valence-electron chi connectivity index (χ1n) is 8.52. The largest absolute Gasteiger partial charge is 0.352 e. The van der Waals surface area contributed by atoms with Crippen molar-refractivity contribution >= 4 is 23.6 Å². The van der Waals surface area contributed by atoms with E-state index in [1.807, 2.05) is 0 Å². The van der Waals surface area contributed by atoms with Gasteiger partial charge in [-0.1, -0.05) is 31.4 Å². The highest BCUT2D eigenvalue weighted by molar-refractivity contribution is 7.99. The second kappa shape index (κ2) is 7.55. The zero-order chi connectivity index (χ0) is 17.1. The standard InChI is InChI=1S/C18H23FN2O2S/c1-12(22)21-16(17(23)20-15-8-3-2-4-9-15)11-24-18(21)13-6-5-7-14(19)10-13/h5-7,10,15-16,18H,2-4,8-9,11H2,1H3,(H,20,23). The van der Waals surface area contributed by atoms with Crippen molar-refractivity contribution < 1.29 is 14.0 Å². The smallest absolute Gasteiger partial charge is 0.243 e. The Morgan fingerprint density at radius 3 is 2.67 bits per heavy atom. The Morgan fingerprint density at radius 2 is 2.00 bits per heavy atom. The molecule has 130 valence electrons. The van der Waals surface area contributed by atoms with Crippen LogP contribution in [0.3, 0.4) is 0 Å². The summed E-state index contributed by atoms with van der Waals surface area (Å²) in [4.78, 5) is 26.4. The third-order valence-electron chi connectivity index (χ3n) is 4.75. The number of carbonyl (C=O) groups excluding carboxylic acids is 2. The third-order valence-corrected chi connectivity index (χ3v) is 6.08. The molecular formula is C18H23FN2O2S. The SMILES string of the molecule is CC(=O)N1C(C(=O)NC2CCCCC2)CSC1c1cccc(F)c1. The molecule has 0 spiro atoms. The maximum absolute atomic E-state index is 13.5. The Kier molecular flexibility index (Phi) is 5.43. The first kappa shape index (κ1) is 17.3. The van der Waals surface area contributed by atoms with Crippen LogP contribution in [0.25, 0.3) is 0 Å². The Hall–Kier alpha value is -1.56. The topological polar surface area (TPSA) is 49.4 Å². The molecule has 2 aliphatic rings. The van der Waals surface area contributed by atoms with Gasteiger partial charge < -0.3 is 10.2 Å². The van der Waals surface area contributed by atoms with Gasteiger partial charge in [-0.05, 0) is 30.5 Å². The van der Waals surface area contributed by atoms with E-state index in [9.17, 15) is 14.0 Å². The summed E-state index contributed by atoms with van der Waals surface area (Å²) in [6.07, 6.45) is 5.55. The number of carbonyl (C=O) groups is 2. The molecule has 3 rings (SSSR count). The molecule has 1 saturated heterocycles. The first-order valence-corrected chi connectivity index (χ1v) is 9.57. The van der Waals surface area contributed by atoms with Gasteiger partial charge in [0.05, 0.1) is 0 Å². The molecule has 2 amide bonds. The molecule has 1 aromatic carbocycles. The summed E-state index contributed by atoms with van der Waals surface area (Å²) in [6.45, 7) is 1.47. The van der Waals surface area contributed by atoms with Crippen molar-refractivity contribution in [2.45, 2.75) is 56.5 Å². The van der Waals surface area contributed by atoms with Crippen molar-refractivity contribution in [3.8, 4) is 0 Å². The number of benzene rings is 1. The van der Waals surface area contributed by atoms with E-state index in [1.165, 1.54) is 37.2 Å². The number of rotatable bonds is 3. The number of hydrogen-bond donors (Lipinski definition) is 1. The van der Waals surface area contributed by atoms with E-state index in [4.69, 9.17) is 0 Å². The minimum atomic E-state index is -0.484. The number of amides is 2. The molecule has 2 fully saturated rings. The van der Waals surface area contributed by atoms with Crippen LogP contribution >= 0.6 is 11.8 Å². The van der Waals surface area contributed by atoms with Gasteiger partial charge in [0, 0.05) is 18.7 Å². The average Bonchev–Trinajstić information content (AvgIpc) is 3.01. The van der Waals surface area contributed by atoms with Gasteiger partial charge in [-0.2, -0.15) is 0 Å². The van der Waals surface area contributed by atoms with Crippen molar-refractivity contribution in [2.75, 3.05) is 5.75 Å². The second-order valence-electron chi connectivity index (χ2n) is 6.53. The van der Waals surface area contributed by atoms with E-state index >= 15 is 0 Å². The predicted molar refractivity (Wildman–Crippen MR) is 92.9 cm³/mol. The lowest BCUT2D eigenvalue weighted by atomic mass is 9.95. The summed E-state index contributed by atoms with van der Waals surface area (Å²) in [5.74, 6) is -0.0208. The summed E-state index contributed by atoms with van der Waals surface area (Å²) in [7, 11) is 0. The van der Waals surface area contributed by atoms with Gasteiger partial charge in [-0.25, -0.2) is 4.39 Å². The normalized spacial score (nSPS) is 24.8. The predicted octanol–water partition coefficient (Wildman–Crippen LogP) is 3.24. The Balaban J connectivity index is 1.74. The van der Waals surface area contributed by atoms with Gasteiger partial charge in [-0.15, -0.1) is 11.8 Å². The van der Waals surface area contributed by atoms with Crippen molar-refractivity contribution in [1.29, 1.82) is 0 Å². The summed E-state index contributed by atoms with van der Waals surface area (Å²) < 4.78 is 13.5. The van der Waals surface area contributed by atoms with Crippen LogP contribution in [0.2, 0.25) is 0 Å². The number of thioether (sulfide) groups is 1. The Labute approximate surface area is 146 Å². The zero-order valence-corrected chi connectivity index (χ0v) is 14.7. The quantitative estimate of drug-likeness (QED) is 0.910. The molecular weight excluding hydrogens is 327 g/mol. The number of hydrogen-bond acceptors (Lipinski definition) is 3. The van der Waals surface area contributed by atoms with E-state index in [2.05, 4.69) is 5.32 Å². The lowest BCUT2D eigenvalue weighted by Crippen LogP contribution is -2.50. The monoisotopic (exact) mass is 350 g/mol. The third kappa shape index (κ3) is 3.74. The highest BCUT2D eigenvalue weighted by atomic mass is 32.2. The van der Waals surface area contributed by atoms with Crippen LogP contribution in [0.15, 0.2) is 24.3 Å². The molecule has 1 saturated carbocycles. The molecule has 1 aliphatic carbocycles. The van der Waals surface area contributed by atoms with Crippen molar-refractivity contribution in [3.63, 3.8) is 0 Å². The highest BCUT2D eigenvalue weighted by Gasteiger charge is 2.41. The van der Waals surface area contributed by atoms with Gasteiger partial charge in [0.1, 0.15) is 17.2 Å². The summed E-state index contributed by atoms with van der Waals surface area (Å²) in [6, 6.07) is 6.00. The molecule has 0 bridgehead atoms. The number of halogens is 1.